The van der Waals surface area contributed by atoms with Crippen molar-refractivity contribution in [3.05, 3.63) is 53.6 Å². The first-order chi connectivity index (χ1) is 12.5. The largest absolute Gasteiger partial charge is 0.493 e. The van der Waals surface area contributed by atoms with E-state index in [1.807, 2.05) is 0 Å². The molecule has 0 spiro atoms. The monoisotopic (exact) mass is 374 g/mol. The maximum absolute atomic E-state index is 12.4. The molecule has 2 aromatic carbocycles. The van der Waals surface area contributed by atoms with Crippen LogP contribution in [0.1, 0.15) is 20.7 Å². The molecule has 0 fully saturated rings. The number of methoxy groups -OCH3 is 3. The molecular formula is C18H18N2O5S. The van der Waals surface area contributed by atoms with Gasteiger partial charge in [0.2, 0.25) is 0 Å². The van der Waals surface area contributed by atoms with E-state index in [2.05, 4.69) is 10.6 Å². The number of thiocarbonyl (C=S) groups is 1. The Kier molecular flexibility index (Phi) is 6.51. The number of benzene rings is 2. The van der Waals surface area contributed by atoms with E-state index in [1.54, 1.807) is 42.5 Å². The van der Waals surface area contributed by atoms with Gasteiger partial charge in [0.05, 0.1) is 32.6 Å². The van der Waals surface area contributed by atoms with Gasteiger partial charge in [-0.25, -0.2) is 4.79 Å². The van der Waals surface area contributed by atoms with Gasteiger partial charge in [0.25, 0.3) is 5.91 Å². The van der Waals surface area contributed by atoms with Crippen molar-refractivity contribution in [3.8, 4) is 11.5 Å². The highest BCUT2D eigenvalue weighted by atomic mass is 32.1. The number of carbonyl (C=O) groups excluding carboxylic acids is 2. The smallest absolute Gasteiger partial charge is 0.339 e. The summed E-state index contributed by atoms with van der Waals surface area (Å²) in [7, 11) is 4.28. The second-order valence-electron chi connectivity index (χ2n) is 5.02. The summed E-state index contributed by atoms with van der Waals surface area (Å²) in [6, 6.07) is 11.4. The molecule has 0 aliphatic rings. The molecule has 2 N–H and O–H groups in total. The molecule has 2 aromatic rings. The van der Waals surface area contributed by atoms with Gasteiger partial charge in [-0.15, -0.1) is 0 Å². The molecule has 8 heteroatoms. The van der Waals surface area contributed by atoms with Crippen LogP contribution in [0.4, 0.5) is 5.69 Å². The lowest BCUT2D eigenvalue weighted by Crippen LogP contribution is -2.34. The van der Waals surface area contributed by atoms with Crippen LogP contribution < -0.4 is 20.1 Å². The Labute approximate surface area is 156 Å². The lowest BCUT2D eigenvalue weighted by atomic mass is 10.2. The Morgan fingerprint density at radius 2 is 1.65 bits per heavy atom. The number of hydrogen-bond donors (Lipinski definition) is 2. The number of ether oxygens (including phenoxy) is 3. The summed E-state index contributed by atoms with van der Waals surface area (Å²) in [5.41, 5.74) is 1.07. The molecule has 0 radical (unpaired) electrons. The number of amides is 1. The second kappa shape index (κ2) is 8.82. The average Bonchev–Trinajstić information content (AvgIpc) is 2.66. The second-order valence-corrected chi connectivity index (χ2v) is 5.42. The summed E-state index contributed by atoms with van der Waals surface area (Å²) in [6.07, 6.45) is 0. The summed E-state index contributed by atoms with van der Waals surface area (Å²) in [5, 5.41) is 5.41. The van der Waals surface area contributed by atoms with Crippen LogP contribution in [-0.2, 0) is 4.74 Å². The summed E-state index contributed by atoms with van der Waals surface area (Å²) in [6.45, 7) is 0. The minimum Gasteiger partial charge on any atom is -0.493 e. The highest BCUT2D eigenvalue weighted by Gasteiger charge is 2.15. The van der Waals surface area contributed by atoms with Crippen molar-refractivity contribution < 1.29 is 23.8 Å². The van der Waals surface area contributed by atoms with Crippen molar-refractivity contribution >= 4 is 34.9 Å². The van der Waals surface area contributed by atoms with Crippen LogP contribution in [0.3, 0.4) is 0 Å². The quantitative estimate of drug-likeness (QED) is 0.615. The molecule has 0 saturated heterocycles. The lowest BCUT2D eigenvalue weighted by Gasteiger charge is -2.13. The van der Waals surface area contributed by atoms with Gasteiger partial charge in [-0.2, -0.15) is 0 Å². The van der Waals surface area contributed by atoms with Crippen LogP contribution in [0, 0.1) is 0 Å². The Hall–Kier alpha value is -3.13. The zero-order valence-electron chi connectivity index (χ0n) is 14.5. The molecule has 0 unspecified atom stereocenters. The van der Waals surface area contributed by atoms with Crippen molar-refractivity contribution in [2.45, 2.75) is 0 Å². The fourth-order valence-electron chi connectivity index (χ4n) is 2.19. The van der Waals surface area contributed by atoms with E-state index < -0.39 is 11.9 Å². The molecule has 0 atom stereocenters. The molecule has 7 nitrogen and oxygen atoms in total. The van der Waals surface area contributed by atoms with Crippen LogP contribution in [0.2, 0.25) is 0 Å². The minimum atomic E-state index is -0.512. The number of nitrogens with one attached hydrogen (secondary N) is 2. The van der Waals surface area contributed by atoms with Gasteiger partial charge in [-0.3, -0.25) is 10.1 Å². The maximum atomic E-state index is 12.4. The Balaban J connectivity index is 2.11. The van der Waals surface area contributed by atoms with Crippen LogP contribution in [0.5, 0.6) is 11.5 Å². The molecule has 0 aromatic heterocycles. The van der Waals surface area contributed by atoms with E-state index in [0.29, 0.717) is 28.3 Å². The van der Waals surface area contributed by atoms with Gasteiger partial charge in [-0.05, 0) is 42.5 Å². The van der Waals surface area contributed by atoms with Crippen LogP contribution >= 0.6 is 12.2 Å². The fourth-order valence-corrected chi connectivity index (χ4v) is 2.39. The van der Waals surface area contributed by atoms with E-state index in [-0.39, 0.29) is 5.11 Å². The summed E-state index contributed by atoms with van der Waals surface area (Å²) in [4.78, 5) is 24.1. The first kappa shape index (κ1) is 19.2. The van der Waals surface area contributed by atoms with Crippen molar-refractivity contribution in [2.75, 3.05) is 26.6 Å². The normalized spacial score (nSPS) is 9.81. The molecule has 0 aliphatic heterocycles. The van der Waals surface area contributed by atoms with Crippen molar-refractivity contribution in [1.29, 1.82) is 0 Å². The first-order valence-corrected chi connectivity index (χ1v) is 7.92. The van der Waals surface area contributed by atoms with Gasteiger partial charge in [0, 0.05) is 5.56 Å². The molecule has 26 heavy (non-hydrogen) atoms. The number of carbonyl (C=O) groups is 2. The lowest BCUT2D eigenvalue weighted by molar-refractivity contribution is 0.0602. The standard InChI is InChI=1S/C18H18N2O5S/c1-23-14-9-8-11(10-15(14)24-2)16(21)20-18(26)19-13-7-5-4-6-12(13)17(22)25-3/h4-10H,1-3H3,(H2,19,20,21,26). The summed E-state index contributed by atoms with van der Waals surface area (Å²) < 4.78 is 15.0. The minimum absolute atomic E-state index is 0.0427. The number of hydrogen-bond acceptors (Lipinski definition) is 6. The van der Waals surface area contributed by atoms with E-state index in [0.717, 1.165) is 0 Å². The Morgan fingerprint density at radius 1 is 0.962 bits per heavy atom. The van der Waals surface area contributed by atoms with Gasteiger partial charge in [0.15, 0.2) is 16.6 Å². The van der Waals surface area contributed by atoms with Gasteiger partial charge in [-0.1, -0.05) is 12.1 Å². The predicted octanol–water partition coefficient (Wildman–Crippen LogP) is 2.62. The van der Waals surface area contributed by atoms with Crippen LogP contribution in [0.15, 0.2) is 42.5 Å². The van der Waals surface area contributed by atoms with Gasteiger partial charge < -0.3 is 19.5 Å². The molecule has 2 rings (SSSR count). The van der Waals surface area contributed by atoms with Crippen molar-refractivity contribution in [3.63, 3.8) is 0 Å². The maximum Gasteiger partial charge on any atom is 0.339 e. The molecule has 1 amide bonds. The van der Waals surface area contributed by atoms with Gasteiger partial charge in [0.1, 0.15) is 0 Å². The zero-order chi connectivity index (χ0) is 19.1. The zero-order valence-corrected chi connectivity index (χ0v) is 15.3. The number of anilines is 1. The van der Waals surface area contributed by atoms with E-state index in [4.69, 9.17) is 26.4 Å². The molecule has 0 heterocycles. The molecule has 136 valence electrons. The molecule has 0 bridgehead atoms. The van der Waals surface area contributed by atoms with Crippen molar-refractivity contribution in [1.82, 2.24) is 5.32 Å². The number of para-hydroxylation sites is 1. The molecular weight excluding hydrogens is 356 g/mol. The van der Waals surface area contributed by atoms with E-state index in [1.165, 1.54) is 21.3 Å². The Bertz CT molecular complexity index is 838. The molecule has 0 saturated carbocycles. The van der Waals surface area contributed by atoms with Crippen LogP contribution in [-0.4, -0.2) is 38.3 Å². The van der Waals surface area contributed by atoms with Crippen LogP contribution in [0.25, 0.3) is 0 Å². The van der Waals surface area contributed by atoms with Crippen molar-refractivity contribution in [2.24, 2.45) is 0 Å². The SMILES string of the molecule is COC(=O)c1ccccc1NC(=S)NC(=O)c1ccc(OC)c(OC)c1. The fraction of sp³-hybridized carbons (Fsp3) is 0.167. The van der Waals surface area contributed by atoms with Gasteiger partial charge >= 0.3 is 5.97 Å². The first-order valence-electron chi connectivity index (χ1n) is 7.51. The highest BCUT2D eigenvalue weighted by molar-refractivity contribution is 7.80. The highest BCUT2D eigenvalue weighted by Crippen LogP contribution is 2.27. The van der Waals surface area contributed by atoms with E-state index >= 15 is 0 Å². The Morgan fingerprint density at radius 3 is 2.31 bits per heavy atom. The third kappa shape index (κ3) is 4.48. The van der Waals surface area contributed by atoms with E-state index in [9.17, 15) is 9.59 Å². The topological polar surface area (TPSA) is 85.9 Å². The number of esters is 1. The summed E-state index contributed by atoms with van der Waals surface area (Å²) >= 11 is 5.15. The average molecular weight is 374 g/mol. The predicted molar refractivity (Wildman–Crippen MR) is 101 cm³/mol. The molecule has 0 aliphatic carbocycles. The summed E-state index contributed by atoms with van der Waals surface area (Å²) in [5.74, 6) is -0.00654. The number of rotatable bonds is 5. The third-order valence-corrected chi connectivity index (χ3v) is 3.66. The third-order valence-electron chi connectivity index (χ3n) is 3.45.